The number of carboxylic acid groups (broad SMARTS) is 1. The average Bonchev–Trinajstić information content (AvgIpc) is 2.73. The third-order valence-corrected chi connectivity index (χ3v) is 4.42. The van der Waals surface area contributed by atoms with Gasteiger partial charge in [-0.2, -0.15) is 0 Å². The SMILES string of the molecule is CN[C@@H](C)C(=O)N[C@H](C(=O)N[C@H](C(=O)NNc1ccccc1)C(C)C)C(C)C.O=CO. The van der Waals surface area contributed by atoms with Crippen LogP contribution in [-0.2, 0) is 19.2 Å². The molecule has 1 aromatic carbocycles. The highest BCUT2D eigenvalue weighted by atomic mass is 16.3. The van der Waals surface area contributed by atoms with Gasteiger partial charge in [-0.05, 0) is 37.9 Å². The van der Waals surface area contributed by atoms with Gasteiger partial charge in [0, 0.05) is 0 Å². The molecule has 0 fully saturated rings. The Morgan fingerprint density at radius 3 is 1.74 bits per heavy atom. The highest BCUT2D eigenvalue weighted by Crippen LogP contribution is 2.08. The quantitative estimate of drug-likeness (QED) is 0.233. The van der Waals surface area contributed by atoms with E-state index in [4.69, 9.17) is 9.90 Å². The fourth-order valence-electron chi connectivity index (χ4n) is 2.46. The molecule has 0 bridgehead atoms. The topological polar surface area (TPSA) is 149 Å². The maximum absolute atomic E-state index is 12.8. The van der Waals surface area contributed by atoms with E-state index >= 15 is 0 Å². The molecule has 1 rings (SSSR count). The second-order valence-corrected chi connectivity index (χ2v) is 7.56. The minimum Gasteiger partial charge on any atom is -0.483 e. The number of amides is 3. The number of rotatable bonds is 10. The molecule has 174 valence electrons. The first kappa shape index (κ1) is 27.9. The lowest BCUT2D eigenvalue weighted by Gasteiger charge is -2.27. The summed E-state index contributed by atoms with van der Waals surface area (Å²) >= 11 is 0. The summed E-state index contributed by atoms with van der Waals surface area (Å²) in [4.78, 5) is 45.9. The number of hydrogen-bond donors (Lipinski definition) is 6. The van der Waals surface area contributed by atoms with E-state index in [1.54, 1.807) is 14.0 Å². The summed E-state index contributed by atoms with van der Waals surface area (Å²) in [5.74, 6) is -1.29. The lowest BCUT2D eigenvalue weighted by Crippen LogP contribution is -2.58. The molecule has 31 heavy (non-hydrogen) atoms. The van der Waals surface area contributed by atoms with Crippen molar-refractivity contribution >= 4 is 29.9 Å². The summed E-state index contributed by atoms with van der Waals surface area (Å²) in [5, 5.41) is 15.2. The molecule has 6 N–H and O–H groups in total. The molecule has 0 aromatic heterocycles. The van der Waals surface area contributed by atoms with Gasteiger partial charge in [-0.3, -0.25) is 30.0 Å². The number of nitrogens with one attached hydrogen (secondary N) is 5. The smallest absolute Gasteiger partial charge is 0.290 e. The third-order valence-electron chi connectivity index (χ3n) is 4.42. The largest absolute Gasteiger partial charge is 0.483 e. The molecule has 3 atom stereocenters. The normalized spacial score (nSPS) is 13.2. The highest BCUT2D eigenvalue weighted by molar-refractivity contribution is 5.93. The van der Waals surface area contributed by atoms with Crippen LogP contribution in [0.5, 0.6) is 0 Å². The Balaban J connectivity index is 0.00000282. The number of hydrazine groups is 1. The Labute approximate surface area is 183 Å². The number of anilines is 1. The number of carbonyl (C=O) groups excluding carboxylic acids is 3. The van der Waals surface area contributed by atoms with Crippen molar-refractivity contribution < 1.29 is 24.3 Å². The van der Waals surface area contributed by atoms with Gasteiger partial charge in [0.05, 0.1) is 11.7 Å². The molecular formula is C21H35N5O5. The monoisotopic (exact) mass is 437 g/mol. The van der Waals surface area contributed by atoms with Crippen LogP contribution in [-0.4, -0.2) is 54.5 Å². The van der Waals surface area contributed by atoms with Crippen LogP contribution >= 0.6 is 0 Å². The van der Waals surface area contributed by atoms with E-state index in [1.165, 1.54) is 0 Å². The molecule has 3 amide bonds. The van der Waals surface area contributed by atoms with Crippen molar-refractivity contribution in [3.8, 4) is 0 Å². The van der Waals surface area contributed by atoms with Gasteiger partial charge in [0.2, 0.25) is 11.8 Å². The summed E-state index contributed by atoms with van der Waals surface area (Å²) < 4.78 is 0. The van der Waals surface area contributed by atoms with Crippen LogP contribution in [0.4, 0.5) is 5.69 Å². The lowest BCUT2D eigenvalue weighted by atomic mass is 9.99. The number of hydrogen-bond acceptors (Lipinski definition) is 6. The fourth-order valence-corrected chi connectivity index (χ4v) is 2.46. The van der Waals surface area contributed by atoms with Crippen molar-refractivity contribution in [2.75, 3.05) is 12.5 Å². The number of benzene rings is 1. The molecule has 0 heterocycles. The van der Waals surface area contributed by atoms with Crippen molar-refractivity contribution in [1.29, 1.82) is 0 Å². The van der Waals surface area contributed by atoms with Crippen molar-refractivity contribution in [3.63, 3.8) is 0 Å². The summed E-state index contributed by atoms with van der Waals surface area (Å²) in [6, 6.07) is 7.29. The fraction of sp³-hybridized carbons (Fsp3) is 0.524. The molecule has 0 unspecified atom stereocenters. The molecule has 0 aliphatic heterocycles. The molecule has 0 aliphatic carbocycles. The first-order chi connectivity index (χ1) is 14.6. The van der Waals surface area contributed by atoms with Crippen LogP contribution in [0.1, 0.15) is 34.6 Å². The van der Waals surface area contributed by atoms with Crippen molar-refractivity contribution in [3.05, 3.63) is 30.3 Å². The van der Waals surface area contributed by atoms with E-state index in [-0.39, 0.29) is 36.0 Å². The van der Waals surface area contributed by atoms with Crippen LogP contribution in [0, 0.1) is 11.8 Å². The Morgan fingerprint density at radius 2 is 1.29 bits per heavy atom. The first-order valence-electron chi connectivity index (χ1n) is 10.1. The van der Waals surface area contributed by atoms with E-state index in [0.717, 1.165) is 5.69 Å². The zero-order chi connectivity index (χ0) is 24.0. The summed E-state index contributed by atoms with van der Waals surface area (Å²) in [5.41, 5.74) is 6.19. The molecule has 10 heteroatoms. The van der Waals surface area contributed by atoms with E-state index in [2.05, 4.69) is 26.8 Å². The minimum atomic E-state index is -0.747. The summed E-state index contributed by atoms with van der Waals surface area (Å²) in [7, 11) is 1.67. The molecule has 0 spiro atoms. The lowest BCUT2D eigenvalue weighted by molar-refractivity contribution is -0.133. The number of likely N-dealkylation sites (N-methyl/N-ethyl adjacent to an activating group) is 1. The molecule has 0 radical (unpaired) electrons. The standard InChI is InChI=1S/C20H33N5O3.CH2O2/c1-12(2)16(22-18(26)14(5)21-6)19(27)23-17(13(3)4)20(28)25-24-15-10-8-7-9-11-15;2-1-3/h7-14,16-17,21,24H,1-6H3,(H,22,26)(H,23,27)(H,25,28);1H,(H,2,3)/t14-,16-,17-;/m0./s1. The predicted octanol–water partition coefficient (Wildman–Crippen LogP) is 0.720. The van der Waals surface area contributed by atoms with Crippen LogP contribution in [0.25, 0.3) is 0 Å². The molecule has 0 aliphatic rings. The second kappa shape index (κ2) is 14.8. The van der Waals surface area contributed by atoms with Gasteiger partial charge in [-0.1, -0.05) is 45.9 Å². The van der Waals surface area contributed by atoms with Crippen molar-refractivity contribution in [1.82, 2.24) is 21.4 Å². The van der Waals surface area contributed by atoms with Crippen molar-refractivity contribution in [2.45, 2.75) is 52.7 Å². The van der Waals surface area contributed by atoms with E-state index in [9.17, 15) is 14.4 Å². The molecule has 1 aromatic rings. The van der Waals surface area contributed by atoms with Gasteiger partial charge in [0.15, 0.2) is 0 Å². The van der Waals surface area contributed by atoms with Crippen LogP contribution in [0.2, 0.25) is 0 Å². The zero-order valence-corrected chi connectivity index (χ0v) is 18.9. The van der Waals surface area contributed by atoms with E-state index in [0.29, 0.717) is 0 Å². The van der Waals surface area contributed by atoms with Gasteiger partial charge in [-0.25, -0.2) is 0 Å². The Kier molecular flexibility index (Phi) is 13.3. The summed E-state index contributed by atoms with van der Waals surface area (Å²) in [6.07, 6.45) is 0. The Morgan fingerprint density at radius 1 is 0.839 bits per heavy atom. The zero-order valence-electron chi connectivity index (χ0n) is 18.9. The van der Waals surface area contributed by atoms with E-state index < -0.39 is 18.1 Å². The molecule has 10 nitrogen and oxygen atoms in total. The van der Waals surface area contributed by atoms with Gasteiger partial charge in [-0.15, -0.1) is 0 Å². The predicted molar refractivity (Wildman–Crippen MR) is 119 cm³/mol. The van der Waals surface area contributed by atoms with Gasteiger partial charge >= 0.3 is 0 Å². The maximum atomic E-state index is 12.8. The second-order valence-electron chi connectivity index (χ2n) is 7.56. The molecular weight excluding hydrogens is 402 g/mol. The number of para-hydroxylation sites is 1. The first-order valence-corrected chi connectivity index (χ1v) is 10.1. The van der Waals surface area contributed by atoms with Crippen LogP contribution in [0.15, 0.2) is 30.3 Å². The summed E-state index contributed by atoms with van der Waals surface area (Å²) in [6.45, 7) is 8.84. The Bertz CT molecular complexity index is 697. The highest BCUT2D eigenvalue weighted by Gasteiger charge is 2.31. The Hall–Kier alpha value is -3.14. The van der Waals surface area contributed by atoms with Gasteiger partial charge < -0.3 is 21.1 Å². The van der Waals surface area contributed by atoms with E-state index in [1.807, 2.05) is 58.0 Å². The molecule has 0 saturated carbocycles. The maximum Gasteiger partial charge on any atom is 0.290 e. The van der Waals surface area contributed by atoms with Crippen molar-refractivity contribution in [2.24, 2.45) is 11.8 Å². The van der Waals surface area contributed by atoms with Gasteiger partial charge in [0.1, 0.15) is 12.1 Å². The van der Waals surface area contributed by atoms with Crippen LogP contribution < -0.4 is 26.8 Å². The number of carbonyl (C=O) groups is 4. The molecule has 0 saturated heterocycles. The van der Waals surface area contributed by atoms with Crippen LogP contribution in [0.3, 0.4) is 0 Å². The minimum absolute atomic E-state index is 0.133. The average molecular weight is 438 g/mol. The van der Waals surface area contributed by atoms with Gasteiger partial charge in [0.25, 0.3) is 12.4 Å². The third kappa shape index (κ3) is 10.4.